The first-order valence-electron chi connectivity index (χ1n) is 6.90. The summed E-state index contributed by atoms with van der Waals surface area (Å²) in [5.74, 6) is 8.44. The second-order valence-electron chi connectivity index (χ2n) is 5.05. The predicted octanol–water partition coefficient (Wildman–Crippen LogP) is 2.58. The third-order valence-corrected chi connectivity index (χ3v) is 3.24. The van der Waals surface area contributed by atoms with Gasteiger partial charge in [0.05, 0.1) is 6.61 Å². The Bertz CT molecular complexity index is 629. The van der Waals surface area contributed by atoms with Gasteiger partial charge in [0.15, 0.2) is 0 Å². The minimum absolute atomic E-state index is 0.431. The van der Waals surface area contributed by atoms with Gasteiger partial charge in [-0.3, -0.25) is 0 Å². The van der Waals surface area contributed by atoms with Gasteiger partial charge >= 0.3 is 0 Å². The summed E-state index contributed by atoms with van der Waals surface area (Å²) in [6.45, 7) is 0.546. The van der Waals surface area contributed by atoms with E-state index in [1.165, 1.54) is 0 Å². The number of benzene rings is 1. The lowest BCUT2D eigenvalue weighted by molar-refractivity contribution is 0.184. The number of anilines is 1. The standard InChI is InChI=1S/C15H18N4O2/c1-20-9-10-3-2-4-12(7-10)21-14-8-13(19-16)17-15(18-14)11-5-6-11/h2-4,7-8,11H,5-6,9,16H2,1H3,(H,17,18,19). The fourth-order valence-corrected chi connectivity index (χ4v) is 2.08. The van der Waals surface area contributed by atoms with E-state index < -0.39 is 0 Å². The number of hydrazine groups is 1. The average molecular weight is 286 g/mol. The lowest BCUT2D eigenvalue weighted by atomic mass is 10.2. The highest BCUT2D eigenvalue weighted by Crippen LogP contribution is 2.39. The Hall–Kier alpha value is -2.18. The largest absolute Gasteiger partial charge is 0.439 e. The summed E-state index contributed by atoms with van der Waals surface area (Å²) in [6.07, 6.45) is 2.24. The molecule has 1 aliphatic carbocycles. The van der Waals surface area contributed by atoms with Gasteiger partial charge in [0.1, 0.15) is 17.4 Å². The lowest BCUT2D eigenvalue weighted by Crippen LogP contribution is -2.10. The number of rotatable bonds is 6. The minimum atomic E-state index is 0.431. The van der Waals surface area contributed by atoms with Crippen molar-refractivity contribution in [2.45, 2.75) is 25.4 Å². The summed E-state index contributed by atoms with van der Waals surface area (Å²) in [7, 11) is 1.67. The van der Waals surface area contributed by atoms with Crippen molar-refractivity contribution in [1.29, 1.82) is 0 Å². The van der Waals surface area contributed by atoms with Crippen LogP contribution in [0.2, 0.25) is 0 Å². The van der Waals surface area contributed by atoms with Crippen LogP contribution in [0.5, 0.6) is 11.6 Å². The molecular formula is C15H18N4O2. The van der Waals surface area contributed by atoms with Crippen LogP contribution in [0.4, 0.5) is 5.82 Å². The molecule has 3 N–H and O–H groups in total. The smallest absolute Gasteiger partial charge is 0.224 e. The molecule has 0 saturated heterocycles. The predicted molar refractivity (Wildman–Crippen MR) is 79.0 cm³/mol. The van der Waals surface area contributed by atoms with Crippen molar-refractivity contribution >= 4 is 5.82 Å². The molecule has 3 rings (SSSR count). The third-order valence-electron chi connectivity index (χ3n) is 3.24. The molecule has 1 fully saturated rings. The number of methoxy groups -OCH3 is 1. The van der Waals surface area contributed by atoms with Gasteiger partial charge in [-0.1, -0.05) is 12.1 Å². The van der Waals surface area contributed by atoms with Crippen LogP contribution in [-0.4, -0.2) is 17.1 Å². The van der Waals surface area contributed by atoms with Crippen molar-refractivity contribution in [1.82, 2.24) is 9.97 Å². The van der Waals surface area contributed by atoms with Crippen molar-refractivity contribution in [2.75, 3.05) is 12.5 Å². The van der Waals surface area contributed by atoms with Gasteiger partial charge in [-0.2, -0.15) is 4.98 Å². The molecule has 6 heteroatoms. The fraction of sp³-hybridized carbons (Fsp3) is 0.333. The summed E-state index contributed by atoms with van der Waals surface area (Å²) >= 11 is 0. The lowest BCUT2D eigenvalue weighted by Gasteiger charge is -2.09. The number of hydrogen-bond acceptors (Lipinski definition) is 6. The molecule has 1 heterocycles. The Morgan fingerprint density at radius 3 is 2.86 bits per heavy atom. The highest BCUT2D eigenvalue weighted by atomic mass is 16.5. The number of nitrogens with two attached hydrogens (primary N) is 1. The molecule has 0 amide bonds. The van der Waals surface area contributed by atoms with E-state index in [1.807, 2.05) is 24.3 Å². The molecule has 1 saturated carbocycles. The molecule has 0 aliphatic heterocycles. The van der Waals surface area contributed by atoms with Gasteiger partial charge in [-0.25, -0.2) is 10.8 Å². The van der Waals surface area contributed by atoms with E-state index in [-0.39, 0.29) is 0 Å². The number of nitrogen functional groups attached to an aromatic ring is 1. The Morgan fingerprint density at radius 2 is 2.14 bits per heavy atom. The summed E-state index contributed by atoms with van der Waals surface area (Å²) in [6, 6.07) is 9.41. The molecule has 1 aliphatic rings. The van der Waals surface area contributed by atoms with Crippen molar-refractivity contribution in [3.8, 4) is 11.6 Å². The van der Waals surface area contributed by atoms with Crippen LogP contribution in [0, 0.1) is 0 Å². The molecule has 1 aromatic carbocycles. The average Bonchev–Trinajstić information content (AvgIpc) is 3.32. The van der Waals surface area contributed by atoms with Crippen LogP contribution in [0.15, 0.2) is 30.3 Å². The van der Waals surface area contributed by atoms with Gasteiger partial charge in [0, 0.05) is 19.1 Å². The molecule has 0 unspecified atom stereocenters. The molecule has 0 radical (unpaired) electrons. The van der Waals surface area contributed by atoms with Crippen LogP contribution >= 0.6 is 0 Å². The van der Waals surface area contributed by atoms with E-state index in [2.05, 4.69) is 15.4 Å². The van der Waals surface area contributed by atoms with Crippen LogP contribution in [0.3, 0.4) is 0 Å². The first-order chi connectivity index (χ1) is 10.3. The zero-order valence-electron chi connectivity index (χ0n) is 11.9. The van der Waals surface area contributed by atoms with E-state index in [1.54, 1.807) is 13.2 Å². The molecule has 21 heavy (non-hydrogen) atoms. The quantitative estimate of drug-likeness (QED) is 0.627. The highest BCUT2D eigenvalue weighted by Gasteiger charge is 2.27. The zero-order chi connectivity index (χ0) is 14.7. The second-order valence-corrected chi connectivity index (χ2v) is 5.05. The first-order valence-corrected chi connectivity index (χ1v) is 6.90. The summed E-state index contributed by atoms with van der Waals surface area (Å²) in [4.78, 5) is 8.81. The molecule has 0 bridgehead atoms. The van der Waals surface area contributed by atoms with E-state index >= 15 is 0 Å². The van der Waals surface area contributed by atoms with Crippen molar-refractivity contribution in [3.05, 3.63) is 41.7 Å². The number of aromatic nitrogens is 2. The molecule has 110 valence electrons. The Labute approximate surface area is 123 Å². The Morgan fingerprint density at radius 1 is 1.29 bits per heavy atom. The number of hydrogen-bond donors (Lipinski definition) is 2. The molecule has 6 nitrogen and oxygen atoms in total. The maximum Gasteiger partial charge on any atom is 0.224 e. The van der Waals surface area contributed by atoms with E-state index in [4.69, 9.17) is 15.3 Å². The maximum absolute atomic E-state index is 5.82. The van der Waals surface area contributed by atoms with Gasteiger partial charge in [0.25, 0.3) is 0 Å². The van der Waals surface area contributed by atoms with E-state index in [9.17, 15) is 0 Å². The highest BCUT2D eigenvalue weighted by molar-refractivity contribution is 5.40. The summed E-state index contributed by atoms with van der Waals surface area (Å²) in [5, 5.41) is 0. The molecule has 0 atom stereocenters. The summed E-state index contributed by atoms with van der Waals surface area (Å²) in [5.41, 5.74) is 3.60. The minimum Gasteiger partial charge on any atom is -0.439 e. The normalized spacial score (nSPS) is 14.0. The van der Waals surface area contributed by atoms with E-state index in [0.29, 0.717) is 30.0 Å². The van der Waals surface area contributed by atoms with Crippen LogP contribution in [0.1, 0.15) is 30.1 Å². The van der Waals surface area contributed by atoms with Crippen molar-refractivity contribution in [2.24, 2.45) is 5.84 Å². The Kier molecular flexibility index (Phi) is 3.98. The van der Waals surface area contributed by atoms with Gasteiger partial charge < -0.3 is 14.9 Å². The van der Waals surface area contributed by atoms with E-state index in [0.717, 1.165) is 24.2 Å². The van der Waals surface area contributed by atoms with Gasteiger partial charge in [-0.05, 0) is 30.5 Å². The van der Waals surface area contributed by atoms with Crippen LogP contribution in [-0.2, 0) is 11.3 Å². The number of ether oxygens (including phenoxy) is 2. The molecule has 0 spiro atoms. The molecule has 2 aromatic rings. The molecule has 1 aromatic heterocycles. The topological polar surface area (TPSA) is 82.3 Å². The third kappa shape index (κ3) is 3.48. The van der Waals surface area contributed by atoms with Crippen LogP contribution in [0.25, 0.3) is 0 Å². The SMILES string of the molecule is COCc1cccc(Oc2cc(NN)nc(C3CC3)n2)c1. The van der Waals surface area contributed by atoms with Crippen molar-refractivity contribution < 1.29 is 9.47 Å². The zero-order valence-corrected chi connectivity index (χ0v) is 11.9. The van der Waals surface area contributed by atoms with Crippen molar-refractivity contribution in [3.63, 3.8) is 0 Å². The second kappa shape index (κ2) is 6.07. The Balaban J connectivity index is 1.83. The summed E-state index contributed by atoms with van der Waals surface area (Å²) < 4.78 is 10.9. The molecular weight excluding hydrogens is 268 g/mol. The number of nitrogens with one attached hydrogen (secondary N) is 1. The van der Waals surface area contributed by atoms with Crippen LogP contribution < -0.4 is 16.0 Å². The number of nitrogens with zero attached hydrogens (tertiary/aromatic N) is 2. The fourth-order valence-electron chi connectivity index (χ4n) is 2.08. The van der Waals surface area contributed by atoms with Gasteiger partial charge in [-0.15, -0.1) is 0 Å². The first kappa shape index (κ1) is 13.8. The maximum atomic E-state index is 5.82. The van der Waals surface area contributed by atoms with Gasteiger partial charge in [0.2, 0.25) is 5.88 Å². The monoisotopic (exact) mass is 286 g/mol.